The van der Waals surface area contributed by atoms with Crippen LogP contribution in [0.2, 0.25) is 0 Å². The van der Waals surface area contributed by atoms with E-state index >= 15 is 0 Å². The topological polar surface area (TPSA) is 49.9 Å². The average Bonchev–Trinajstić information content (AvgIpc) is 4.24. The van der Waals surface area contributed by atoms with Gasteiger partial charge in [-0.3, -0.25) is 4.98 Å². The summed E-state index contributed by atoms with van der Waals surface area (Å²) in [6, 6.07) is 40.9. The van der Waals surface area contributed by atoms with Gasteiger partial charge in [0.25, 0.3) is 0 Å². The number of benzene rings is 4. The van der Waals surface area contributed by atoms with Crippen molar-refractivity contribution in [2.24, 2.45) is 17.8 Å². The molecule has 0 amide bonds. The van der Waals surface area contributed by atoms with Crippen molar-refractivity contribution < 1.29 is 0 Å². The predicted octanol–water partition coefficient (Wildman–Crippen LogP) is 14.5. The number of likely N-dealkylation sites (N-methyl/N-ethyl adjacent to an activating group) is 4. The van der Waals surface area contributed by atoms with Gasteiger partial charge in [0.05, 0.1) is 12.1 Å². The van der Waals surface area contributed by atoms with Crippen LogP contribution in [-0.2, 0) is 13.1 Å². The molecule has 4 saturated heterocycles. The van der Waals surface area contributed by atoms with Gasteiger partial charge in [0.2, 0.25) is 0 Å². The monoisotopic (exact) mass is 1030 g/mol. The van der Waals surface area contributed by atoms with Gasteiger partial charge in [-0.1, -0.05) is 129 Å². The summed E-state index contributed by atoms with van der Waals surface area (Å²) in [7, 11) is 9.13. The van der Waals surface area contributed by atoms with E-state index in [1.54, 1.807) is 0 Å². The SMILES string of the molecule is CC1CCC(C(C)C)C(c2ccccn2)C1.CN1CCCC1[C@@H]1CCCN1C.CN1CCCC1[C@@H]1CCCN1C.Cc1cc(C)c(CNC(c2ccccc2)C(NCc2c(C)cc(C)cc2C)c2ccccc2)c(C)c1. The molecule has 414 valence electrons. The van der Waals surface area contributed by atoms with Crippen LogP contribution < -0.4 is 10.6 Å². The minimum Gasteiger partial charge on any atom is -0.304 e. The first-order valence-electron chi connectivity index (χ1n) is 30.0. The van der Waals surface area contributed by atoms with Crippen LogP contribution in [0.15, 0.2) is 109 Å². The van der Waals surface area contributed by atoms with E-state index in [1.165, 1.54) is 158 Å². The number of aryl methyl sites for hydroxylation is 6. The first kappa shape index (κ1) is 59.5. The van der Waals surface area contributed by atoms with Crippen LogP contribution in [-0.4, -0.2) is 103 Å². The lowest BCUT2D eigenvalue weighted by atomic mass is 9.69. The summed E-state index contributed by atoms with van der Waals surface area (Å²) in [5.41, 5.74) is 14.7. The van der Waals surface area contributed by atoms with Crippen molar-refractivity contribution >= 4 is 0 Å². The zero-order chi connectivity index (χ0) is 54.3. The predicted molar refractivity (Wildman–Crippen MR) is 324 cm³/mol. The maximum atomic E-state index is 4.57. The molecule has 7 nitrogen and oxygen atoms in total. The Morgan fingerprint density at radius 2 is 0.855 bits per heavy atom. The Labute approximate surface area is 464 Å². The molecule has 0 radical (unpaired) electrons. The number of hydrogen-bond acceptors (Lipinski definition) is 7. The molecule has 4 aliphatic heterocycles. The fourth-order valence-corrected chi connectivity index (χ4v) is 14.4. The Balaban J connectivity index is 0.000000171. The Morgan fingerprint density at radius 3 is 1.17 bits per heavy atom. The first-order valence-corrected chi connectivity index (χ1v) is 30.0. The minimum absolute atomic E-state index is 0.111. The van der Waals surface area contributed by atoms with E-state index in [0.29, 0.717) is 5.92 Å². The number of rotatable bonds is 13. The lowest BCUT2D eigenvalue weighted by Gasteiger charge is -2.37. The number of pyridine rings is 1. The normalized spacial score (nSPS) is 25.1. The van der Waals surface area contributed by atoms with E-state index in [4.69, 9.17) is 0 Å². The summed E-state index contributed by atoms with van der Waals surface area (Å²) in [6.07, 6.45) is 17.3. The maximum Gasteiger partial charge on any atom is 0.0521 e. The zero-order valence-electron chi connectivity index (χ0n) is 49.9. The number of aromatic nitrogens is 1. The molecule has 1 aliphatic carbocycles. The van der Waals surface area contributed by atoms with Gasteiger partial charge in [-0.15, -0.1) is 0 Å². The van der Waals surface area contributed by atoms with E-state index in [-0.39, 0.29) is 12.1 Å². The van der Waals surface area contributed by atoms with Crippen molar-refractivity contribution in [3.8, 4) is 0 Å². The molecular weight excluding hydrogens is 927 g/mol. The van der Waals surface area contributed by atoms with Gasteiger partial charge in [0.15, 0.2) is 0 Å². The second-order valence-corrected chi connectivity index (χ2v) is 24.7. The summed E-state index contributed by atoms with van der Waals surface area (Å²) in [6.45, 7) is 27.3. The summed E-state index contributed by atoms with van der Waals surface area (Å²) in [5.74, 6) is 3.15. The molecular formula is C69H103N7. The van der Waals surface area contributed by atoms with Gasteiger partial charge in [-0.05, 0) is 235 Å². The van der Waals surface area contributed by atoms with E-state index in [0.717, 1.165) is 55.0 Å². The average molecular weight is 1030 g/mol. The minimum atomic E-state index is 0.111. The van der Waals surface area contributed by atoms with Gasteiger partial charge in [0, 0.05) is 55.1 Å². The van der Waals surface area contributed by atoms with Crippen molar-refractivity contribution in [3.63, 3.8) is 0 Å². The number of likely N-dealkylation sites (tertiary alicyclic amines) is 4. The molecule has 4 aromatic carbocycles. The highest BCUT2D eigenvalue weighted by Crippen LogP contribution is 2.43. The molecule has 0 bridgehead atoms. The molecule has 76 heavy (non-hydrogen) atoms. The Hall–Kier alpha value is -4.21. The lowest BCUT2D eigenvalue weighted by molar-refractivity contribution is 0.176. The molecule has 5 aliphatic rings. The Kier molecular flexibility index (Phi) is 22.8. The highest BCUT2D eigenvalue weighted by atomic mass is 15.3. The second kappa shape index (κ2) is 29.1. The van der Waals surface area contributed by atoms with Crippen LogP contribution in [0.5, 0.6) is 0 Å². The molecule has 5 fully saturated rings. The molecule has 7 unspecified atom stereocenters. The quantitative estimate of drug-likeness (QED) is 0.122. The number of nitrogens with one attached hydrogen (secondary N) is 2. The van der Waals surface area contributed by atoms with E-state index in [9.17, 15) is 0 Å². The third-order valence-electron chi connectivity index (χ3n) is 18.6. The van der Waals surface area contributed by atoms with Crippen molar-refractivity contribution in [2.45, 2.75) is 188 Å². The zero-order valence-corrected chi connectivity index (χ0v) is 49.9. The molecule has 5 aromatic rings. The molecule has 10 rings (SSSR count). The highest BCUT2D eigenvalue weighted by Gasteiger charge is 2.36. The third kappa shape index (κ3) is 16.2. The Bertz CT molecular complexity index is 2250. The Morgan fingerprint density at radius 1 is 0.487 bits per heavy atom. The summed E-state index contributed by atoms with van der Waals surface area (Å²) in [5, 5.41) is 7.93. The van der Waals surface area contributed by atoms with Crippen molar-refractivity contribution in [1.82, 2.24) is 35.2 Å². The van der Waals surface area contributed by atoms with Crippen LogP contribution in [0, 0.1) is 59.3 Å². The van der Waals surface area contributed by atoms with Gasteiger partial charge in [-0.2, -0.15) is 0 Å². The fourth-order valence-electron chi connectivity index (χ4n) is 14.4. The molecule has 9 atom stereocenters. The lowest BCUT2D eigenvalue weighted by Crippen LogP contribution is -2.42. The van der Waals surface area contributed by atoms with E-state index < -0.39 is 0 Å². The summed E-state index contributed by atoms with van der Waals surface area (Å²) in [4.78, 5) is 14.8. The van der Waals surface area contributed by atoms with Gasteiger partial charge >= 0.3 is 0 Å². The van der Waals surface area contributed by atoms with E-state index in [2.05, 4.69) is 223 Å². The molecule has 5 heterocycles. The van der Waals surface area contributed by atoms with Crippen LogP contribution in [0.3, 0.4) is 0 Å². The number of nitrogens with zero attached hydrogens (tertiary/aromatic N) is 5. The van der Waals surface area contributed by atoms with Crippen molar-refractivity contribution in [3.05, 3.63) is 171 Å². The standard InChI is InChI=1S/C34H40N2.C15H23N.2C10H20N2/c1-23-17-25(3)31(26(4)18-23)21-35-33(29-13-9-7-10-14-29)34(30-15-11-8-12-16-30)36-22-32-27(5)19-24(2)20-28(32)6;1-11(2)13-8-7-12(3)10-14(13)15-6-4-5-9-16-15;2*1-11-7-3-5-9(11)10-6-4-8-12(10)2/h7-20,33-36H,21-22H2,1-6H3;4-6,9,11-14H,7-8,10H2,1-3H3;2*9-10H,3-8H2,1-2H3/t;;2*9-,10?/m..00/s1. The van der Waals surface area contributed by atoms with Crippen LogP contribution >= 0.6 is 0 Å². The summed E-state index contributed by atoms with van der Waals surface area (Å²) >= 11 is 0. The van der Waals surface area contributed by atoms with Crippen molar-refractivity contribution in [2.75, 3.05) is 54.4 Å². The molecule has 7 heteroatoms. The number of hydrogen-bond donors (Lipinski definition) is 2. The van der Waals surface area contributed by atoms with E-state index in [1.807, 2.05) is 12.3 Å². The second-order valence-electron chi connectivity index (χ2n) is 24.7. The summed E-state index contributed by atoms with van der Waals surface area (Å²) < 4.78 is 0. The van der Waals surface area contributed by atoms with Gasteiger partial charge in [-0.25, -0.2) is 0 Å². The van der Waals surface area contributed by atoms with Crippen LogP contribution in [0.1, 0.15) is 171 Å². The fraction of sp³-hybridized carbons (Fsp3) is 0.580. The molecule has 1 aromatic heterocycles. The van der Waals surface area contributed by atoms with Crippen molar-refractivity contribution in [1.29, 1.82) is 0 Å². The van der Waals surface area contributed by atoms with Gasteiger partial charge in [0.1, 0.15) is 0 Å². The molecule has 0 spiro atoms. The molecule has 2 N–H and O–H groups in total. The molecule has 1 saturated carbocycles. The largest absolute Gasteiger partial charge is 0.304 e. The van der Waals surface area contributed by atoms with Gasteiger partial charge < -0.3 is 30.2 Å². The highest BCUT2D eigenvalue weighted by molar-refractivity contribution is 5.39. The third-order valence-corrected chi connectivity index (χ3v) is 18.6. The maximum absolute atomic E-state index is 4.57. The van der Waals surface area contributed by atoms with Crippen LogP contribution in [0.25, 0.3) is 0 Å². The van der Waals surface area contributed by atoms with Crippen LogP contribution in [0.4, 0.5) is 0 Å². The smallest absolute Gasteiger partial charge is 0.0521 e. The first-order chi connectivity index (χ1) is 36.6.